The fourth-order valence-corrected chi connectivity index (χ4v) is 2.61. The molecule has 1 N–H and O–H groups in total. The number of carbonyl (C=O) groups is 1. The predicted octanol–water partition coefficient (Wildman–Crippen LogP) is -0.132. The van der Waals surface area contributed by atoms with E-state index in [0.717, 1.165) is 42.9 Å². The van der Waals surface area contributed by atoms with Gasteiger partial charge in [0.25, 0.3) is 0 Å². The second-order valence-electron chi connectivity index (χ2n) is 5.09. The molecular formula is C12H25N3O3S. The van der Waals surface area contributed by atoms with Crippen molar-refractivity contribution in [2.75, 3.05) is 39.5 Å². The lowest BCUT2D eigenvalue weighted by atomic mass is 10.0. The van der Waals surface area contributed by atoms with Crippen LogP contribution in [0.4, 0.5) is 0 Å². The highest BCUT2D eigenvalue weighted by Gasteiger charge is 2.26. The van der Waals surface area contributed by atoms with Crippen molar-refractivity contribution in [1.82, 2.24) is 14.5 Å². The summed E-state index contributed by atoms with van der Waals surface area (Å²) in [4.78, 5) is 14.1. The third-order valence-corrected chi connectivity index (χ3v) is 4.72. The maximum absolute atomic E-state index is 12.3. The van der Waals surface area contributed by atoms with Crippen LogP contribution in [0.2, 0.25) is 0 Å². The number of likely N-dealkylation sites (N-methyl/N-ethyl adjacent to an activating group) is 1. The highest BCUT2D eigenvalue weighted by Crippen LogP contribution is 2.13. The van der Waals surface area contributed by atoms with Gasteiger partial charge in [-0.3, -0.25) is 4.79 Å². The van der Waals surface area contributed by atoms with Crippen LogP contribution in [0.15, 0.2) is 0 Å². The molecule has 6 nitrogen and oxygen atoms in total. The summed E-state index contributed by atoms with van der Waals surface area (Å²) in [5.41, 5.74) is 0. The Morgan fingerprint density at radius 2 is 1.89 bits per heavy atom. The van der Waals surface area contributed by atoms with Gasteiger partial charge in [0.1, 0.15) is 0 Å². The van der Waals surface area contributed by atoms with Crippen molar-refractivity contribution in [1.29, 1.82) is 0 Å². The Balaban J connectivity index is 2.67. The Morgan fingerprint density at radius 3 is 2.37 bits per heavy atom. The van der Waals surface area contributed by atoms with Crippen LogP contribution >= 0.6 is 0 Å². The Kier molecular flexibility index (Phi) is 6.22. The lowest BCUT2D eigenvalue weighted by Gasteiger charge is -2.35. The normalized spacial score (nSPS) is 17.7. The number of nitrogens with zero attached hydrogens (tertiary/aromatic N) is 2. The van der Waals surface area contributed by atoms with Gasteiger partial charge in [-0.15, -0.1) is 0 Å². The first-order valence-corrected chi connectivity index (χ1v) is 8.62. The van der Waals surface area contributed by atoms with Gasteiger partial charge in [0.05, 0.1) is 12.8 Å². The summed E-state index contributed by atoms with van der Waals surface area (Å²) >= 11 is 0. The number of hydrogen-bond donors (Lipinski definition) is 1. The van der Waals surface area contributed by atoms with Crippen molar-refractivity contribution in [3.8, 4) is 0 Å². The van der Waals surface area contributed by atoms with Crippen LogP contribution in [0.25, 0.3) is 0 Å². The molecular weight excluding hydrogens is 266 g/mol. The molecule has 1 saturated heterocycles. The second kappa shape index (κ2) is 7.21. The Hall–Kier alpha value is -0.660. The van der Waals surface area contributed by atoms with E-state index in [0.29, 0.717) is 6.54 Å². The monoisotopic (exact) mass is 291 g/mol. The van der Waals surface area contributed by atoms with Gasteiger partial charge in [-0.2, -0.15) is 4.31 Å². The van der Waals surface area contributed by atoms with Crippen LogP contribution < -0.4 is 5.32 Å². The van der Waals surface area contributed by atoms with Gasteiger partial charge in [0, 0.05) is 19.6 Å². The number of carbonyl (C=O) groups excluding carboxylic acids is 1. The highest BCUT2D eigenvalue weighted by atomic mass is 32.2. The van der Waals surface area contributed by atoms with E-state index in [2.05, 4.69) is 5.32 Å². The lowest BCUT2D eigenvalue weighted by Crippen LogP contribution is -2.49. The Bertz CT molecular complexity index is 391. The zero-order valence-electron chi connectivity index (χ0n) is 12.1. The molecule has 1 rings (SSSR count). The lowest BCUT2D eigenvalue weighted by molar-refractivity contribution is -0.134. The first kappa shape index (κ1) is 16.4. The molecule has 0 atom stereocenters. The average molecular weight is 291 g/mol. The first-order valence-electron chi connectivity index (χ1n) is 6.77. The molecule has 1 heterocycles. The van der Waals surface area contributed by atoms with Crippen molar-refractivity contribution in [3.63, 3.8) is 0 Å². The van der Waals surface area contributed by atoms with E-state index in [-0.39, 0.29) is 18.5 Å². The van der Waals surface area contributed by atoms with E-state index in [1.807, 2.05) is 11.8 Å². The maximum atomic E-state index is 12.3. The van der Waals surface area contributed by atoms with Crippen molar-refractivity contribution in [3.05, 3.63) is 0 Å². The molecule has 7 heteroatoms. The van der Waals surface area contributed by atoms with Crippen molar-refractivity contribution < 1.29 is 13.2 Å². The molecule has 0 aromatic rings. The quantitative estimate of drug-likeness (QED) is 0.740. The molecule has 1 aliphatic rings. The summed E-state index contributed by atoms with van der Waals surface area (Å²) in [7, 11) is -1.86. The number of nitrogens with one attached hydrogen (secondary N) is 1. The van der Waals surface area contributed by atoms with E-state index < -0.39 is 10.0 Å². The third kappa shape index (κ3) is 5.08. The van der Waals surface area contributed by atoms with Gasteiger partial charge >= 0.3 is 0 Å². The molecule has 0 aromatic carbocycles. The zero-order valence-corrected chi connectivity index (χ0v) is 12.9. The van der Waals surface area contributed by atoms with Crippen molar-refractivity contribution in [2.45, 2.75) is 32.2 Å². The minimum Gasteiger partial charge on any atom is -0.338 e. The average Bonchev–Trinajstić information content (AvgIpc) is 2.35. The fourth-order valence-electron chi connectivity index (χ4n) is 2.27. The molecule has 0 bridgehead atoms. The molecule has 1 fully saturated rings. The number of rotatable bonds is 6. The Morgan fingerprint density at radius 1 is 1.32 bits per heavy atom. The minimum atomic E-state index is -3.30. The second-order valence-corrected chi connectivity index (χ2v) is 7.18. The smallest absolute Gasteiger partial charge is 0.238 e. The molecule has 0 aromatic heterocycles. The summed E-state index contributed by atoms with van der Waals surface area (Å²) in [5.74, 6) is -0.0957. The van der Waals surface area contributed by atoms with Crippen LogP contribution in [0, 0.1) is 0 Å². The molecule has 0 radical (unpaired) electrons. The zero-order chi connectivity index (χ0) is 14.5. The molecule has 0 spiro atoms. The topological polar surface area (TPSA) is 69.7 Å². The number of piperidine rings is 1. The van der Waals surface area contributed by atoms with E-state index >= 15 is 0 Å². The molecule has 0 aliphatic carbocycles. The van der Waals surface area contributed by atoms with Crippen LogP contribution in [-0.2, 0) is 14.8 Å². The fraction of sp³-hybridized carbons (Fsp3) is 0.917. The summed E-state index contributed by atoms with van der Waals surface area (Å²) < 4.78 is 23.8. The summed E-state index contributed by atoms with van der Waals surface area (Å²) in [5, 5.41) is 3.27. The Labute approximate surface area is 116 Å². The molecule has 19 heavy (non-hydrogen) atoms. The van der Waals surface area contributed by atoms with E-state index in [1.54, 1.807) is 0 Å². The summed E-state index contributed by atoms with van der Waals surface area (Å²) in [6, 6.07) is 0.238. The van der Waals surface area contributed by atoms with Crippen LogP contribution in [0.3, 0.4) is 0 Å². The van der Waals surface area contributed by atoms with Gasteiger partial charge in [-0.25, -0.2) is 8.42 Å². The summed E-state index contributed by atoms with van der Waals surface area (Å²) in [6.07, 6.45) is 3.88. The number of sulfonamides is 1. The van der Waals surface area contributed by atoms with Crippen molar-refractivity contribution >= 4 is 15.9 Å². The standard InChI is InChI=1S/C12H25N3O3S/c1-4-9-15(11-5-7-13-8-6-11)12(16)10-14(2)19(3,17)18/h11,13H,4-10H2,1-3H3. The van der Waals surface area contributed by atoms with Crippen LogP contribution in [0.1, 0.15) is 26.2 Å². The van der Waals surface area contributed by atoms with Crippen molar-refractivity contribution in [2.24, 2.45) is 0 Å². The minimum absolute atomic E-state index is 0.0667. The van der Waals surface area contributed by atoms with E-state index in [1.165, 1.54) is 7.05 Å². The molecule has 0 unspecified atom stereocenters. The van der Waals surface area contributed by atoms with Gasteiger partial charge in [-0.1, -0.05) is 6.92 Å². The molecule has 1 aliphatic heterocycles. The SMILES string of the molecule is CCCN(C(=O)CN(C)S(C)(=O)=O)C1CCNCC1. The molecule has 112 valence electrons. The van der Waals surface area contributed by atoms with E-state index in [9.17, 15) is 13.2 Å². The van der Waals surface area contributed by atoms with Crippen LogP contribution in [0.5, 0.6) is 0 Å². The largest absolute Gasteiger partial charge is 0.338 e. The number of amides is 1. The first-order chi connectivity index (χ1) is 8.86. The van der Waals surface area contributed by atoms with Crippen LogP contribution in [-0.4, -0.2) is 69.1 Å². The van der Waals surface area contributed by atoms with Gasteiger partial charge < -0.3 is 10.2 Å². The highest BCUT2D eigenvalue weighted by molar-refractivity contribution is 7.88. The van der Waals surface area contributed by atoms with Gasteiger partial charge in [0.2, 0.25) is 15.9 Å². The van der Waals surface area contributed by atoms with E-state index in [4.69, 9.17) is 0 Å². The molecule has 1 amide bonds. The van der Waals surface area contributed by atoms with Gasteiger partial charge in [0.15, 0.2) is 0 Å². The predicted molar refractivity (Wildman–Crippen MR) is 75.4 cm³/mol. The summed E-state index contributed by atoms with van der Waals surface area (Å²) in [6.45, 7) is 4.49. The molecule has 0 saturated carbocycles. The third-order valence-electron chi connectivity index (χ3n) is 3.46. The van der Waals surface area contributed by atoms with Gasteiger partial charge in [-0.05, 0) is 32.4 Å². The number of hydrogen-bond acceptors (Lipinski definition) is 4. The maximum Gasteiger partial charge on any atom is 0.238 e.